The molecule has 2 N–H and O–H groups in total. The van der Waals surface area contributed by atoms with E-state index in [-0.39, 0.29) is 12.5 Å². The fraction of sp³-hybridized carbons (Fsp3) is 0.0909. The van der Waals surface area contributed by atoms with E-state index in [1.54, 1.807) is 13.3 Å². The summed E-state index contributed by atoms with van der Waals surface area (Å²) in [6, 6.07) is 25.5. The monoisotopic (exact) mass is 359 g/mol. The molecule has 0 atom stereocenters. The van der Waals surface area contributed by atoms with Crippen LogP contribution in [-0.2, 0) is 4.79 Å². The Bertz CT molecular complexity index is 889. The van der Waals surface area contributed by atoms with Crippen molar-refractivity contribution in [3.8, 4) is 16.9 Å². The van der Waals surface area contributed by atoms with Gasteiger partial charge in [-0.2, -0.15) is 5.10 Å². The van der Waals surface area contributed by atoms with Crippen molar-refractivity contribution in [2.24, 2.45) is 5.10 Å². The van der Waals surface area contributed by atoms with Crippen molar-refractivity contribution in [3.63, 3.8) is 0 Å². The van der Waals surface area contributed by atoms with Gasteiger partial charge in [-0.1, -0.05) is 54.6 Å². The van der Waals surface area contributed by atoms with Crippen LogP contribution < -0.4 is 15.5 Å². The fourth-order valence-corrected chi connectivity index (χ4v) is 2.50. The first-order valence-corrected chi connectivity index (χ1v) is 8.60. The van der Waals surface area contributed by atoms with E-state index in [1.807, 2.05) is 66.7 Å². The Hall–Kier alpha value is -3.60. The van der Waals surface area contributed by atoms with E-state index in [2.05, 4.69) is 28.0 Å². The third-order valence-electron chi connectivity index (χ3n) is 3.96. The van der Waals surface area contributed by atoms with Crippen molar-refractivity contribution >= 4 is 17.8 Å². The molecule has 0 aliphatic rings. The highest BCUT2D eigenvalue weighted by Crippen LogP contribution is 2.18. The average molecular weight is 359 g/mol. The maximum absolute atomic E-state index is 11.9. The smallest absolute Gasteiger partial charge is 0.259 e. The molecule has 0 unspecified atom stereocenters. The van der Waals surface area contributed by atoms with E-state index in [0.717, 1.165) is 22.6 Å². The second-order valence-corrected chi connectivity index (χ2v) is 5.86. The number of ether oxygens (including phenoxy) is 1. The van der Waals surface area contributed by atoms with E-state index in [1.165, 1.54) is 5.56 Å². The highest BCUT2D eigenvalue weighted by atomic mass is 16.5. The van der Waals surface area contributed by atoms with E-state index >= 15 is 0 Å². The summed E-state index contributed by atoms with van der Waals surface area (Å²) in [5, 5.41) is 7.03. The van der Waals surface area contributed by atoms with Gasteiger partial charge in [0.15, 0.2) is 0 Å². The van der Waals surface area contributed by atoms with Crippen LogP contribution in [0.15, 0.2) is 84.0 Å². The molecule has 0 bridgehead atoms. The molecule has 0 saturated carbocycles. The van der Waals surface area contributed by atoms with Gasteiger partial charge in [-0.15, -0.1) is 0 Å². The highest BCUT2D eigenvalue weighted by Gasteiger charge is 2.00. The number of amides is 1. The zero-order valence-electron chi connectivity index (χ0n) is 15.1. The summed E-state index contributed by atoms with van der Waals surface area (Å²) in [5.74, 6) is 0.552. The molecule has 5 heteroatoms. The molecular formula is C22H21N3O2. The second-order valence-electron chi connectivity index (χ2n) is 5.86. The molecule has 3 aromatic carbocycles. The van der Waals surface area contributed by atoms with Crippen LogP contribution in [0.25, 0.3) is 11.1 Å². The number of methoxy groups -OCH3 is 1. The van der Waals surface area contributed by atoms with E-state index in [9.17, 15) is 4.79 Å². The van der Waals surface area contributed by atoms with E-state index in [0.29, 0.717) is 0 Å². The Morgan fingerprint density at radius 2 is 1.59 bits per heavy atom. The van der Waals surface area contributed by atoms with Gasteiger partial charge in [-0.05, 0) is 41.0 Å². The number of hydrogen-bond donors (Lipinski definition) is 2. The number of carbonyl (C=O) groups is 1. The predicted molar refractivity (Wildman–Crippen MR) is 109 cm³/mol. The summed E-state index contributed by atoms with van der Waals surface area (Å²) in [5.41, 5.74) is 6.57. The standard InChI is InChI=1S/C22H21N3O2/c1-27-21-13-11-20(12-14-21)23-16-22(26)25-24-15-17-7-9-19(10-8-17)18-5-3-2-4-6-18/h2-15,23H,16H2,1H3,(H,25,26)/b24-15+. The van der Waals surface area contributed by atoms with Gasteiger partial charge < -0.3 is 10.1 Å². The van der Waals surface area contributed by atoms with Crippen molar-refractivity contribution in [2.45, 2.75) is 0 Å². The third-order valence-corrected chi connectivity index (χ3v) is 3.96. The number of rotatable bonds is 7. The van der Waals surface area contributed by atoms with Crippen molar-refractivity contribution in [1.29, 1.82) is 0 Å². The first kappa shape index (κ1) is 18.2. The maximum Gasteiger partial charge on any atom is 0.259 e. The zero-order valence-corrected chi connectivity index (χ0v) is 15.1. The molecule has 0 radical (unpaired) electrons. The minimum atomic E-state index is -0.219. The molecule has 0 saturated heterocycles. The molecule has 136 valence electrons. The Morgan fingerprint density at radius 3 is 2.26 bits per heavy atom. The lowest BCUT2D eigenvalue weighted by Gasteiger charge is -2.06. The van der Waals surface area contributed by atoms with Crippen LogP contribution in [-0.4, -0.2) is 25.8 Å². The lowest BCUT2D eigenvalue weighted by atomic mass is 10.0. The van der Waals surface area contributed by atoms with Crippen LogP contribution in [0, 0.1) is 0 Å². The van der Waals surface area contributed by atoms with Gasteiger partial charge in [0.1, 0.15) is 5.75 Å². The van der Waals surface area contributed by atoms with E-state index in [4.69, 9.17) is 4.74 Å². The number of nitrogens with one attached hydrogen (secondary N) is 2. The van der Waals surface area contributed by atoms with Crippen molar-refractivity contribution < 1.29 is 9.53 Å². The molecule has 0 aromatic heterocycles. The van der Waals surface area contributed by atoms with Gasteiger partial charge in [-0.25, -0.2) is 5.43 Å². The van der Waals surface area contributed by atoms with Crippen molar-refractivity contribution in [2.75, 3.05) is 19.0 Å². The van der Waals surface area contributed by atoms with Crippen LogP contribution >= 0.6 is 0 Å². The van der Waals surface area contributed by atoms with E-state index < -0.39 is 0 Å². The van der Waals surface area contributed by atoms with Gasteiger partial charge in [0.25, 0.3) is 5.91 Å². The number of hydrogen-bond acceptors (Lipinski definition) is 4. The Labute approximate surface area is 158 Å². The van der Waals surface area contributed by atoms with Gasteiger partial charge >= 0.3 is 0 Å². The predicted octanol–water partition coefficient (Wildman–Crippen LogP) is 3.92. The topological polar surface area (TPSA) is 62.7 Å². The summed E-state index contributed by atoms with van der Waals surface area (Å²) in [6.45, 7) is 0.136. The largest absolute Gasteiger partial charge is 0.497 e. The van der Waals surface area contributed by atoms with Crippen molar-refractivity contribution in [1.82, 2.24) is 5.43 Å². The summed E-state index contributed by atoms with van der Waals surface area (Å²) in [6.07, 6.45) is 1.63. The number of benzene rings is 3. The van der Waals surface area contributed by atoms with Gasteiger partial charge in [0.05, 0.1) is 19.9 Å². The molecule has 0 heterocycles. The minimum Gasteiger partial charge on any atom is -0.497 e. The van der Waals surface area contributed by atoms with Crippen LogP contribution in [0.3, 0.4) is 0 Å². The van der Waals surface area contributed by atoms with Gasteiger partial charge in [0.2, 0.25) is 0 Å². The Morgan fingerprint density at radius 1 is 0.926 bits per heavy atom. The molecule has 0 fully saturated rings. The van der Waals surface area contributed by atoms with Crippen molar-refractivity contribution in [3.05, 3.63) is 84.4 Å². The Kier molecular flexibility index (Phi) is 6.20. The van der Waals surface area contributed by atoms with Crippen LogP contribution in [0.5, 0.6) is 5.75 Å². The second kappa shape index (κ2) is 9.20. The molecule has 5 nitrogen and oxygen atoms in total. The summed E-state index contributed by atoms with van der Waals surface area (Å²) < 4.78 is 5.10. The highest BCUT2D eigenvalue weighted by molar-refractivity contribution is 5.84. The Balaban J connectivity index is 1.47. The molecule has 3 rings (SSSR count). The maximum atomic E-state index is 11.9. The number of hydrazone groups is 1. The van der Waals surface area contributed by atoms with Crippen LogP contribution in [0.4, 0.5) is 5.69 Å². The molecular weight excluding hydrogens is 338 g/mol. The van der Waals surface area contributed by atoms with Gasteiger partial charge in [-0.3, -0.25) is 4.79 Å². The SMILES string of the molecule is COc1ccc(NCC(=O)N/N=C/c2ccc(-c3ccccc3)cc2)cc1. The summed E-state index contributed by atoms with van der Waals surface area (Å²) >= 11 is 0. The first-order chi connectivity index (χ1) is 13.2. The molecule has 27 heavy (non-hydrogen) atoms. The molecule has 1 amide bonds. The number of anilines is 1. The molecule has 0 spiro atoms. The molecule has 3 aromatic rings. The normalized spacial score (nSPS) is 10.6. The summed E-state index contributed by atoms with van der Waals surface area (Å²) in [7, 11) is 1.61. The molecule has 0 aliphatic heterocycles. The number of nitrogens with zero attached hydrogens (tertiary/aromatic N) is 1. The zero-order chi connectivity index (χ0) is 18.9. The van der Waals surface area contributed by atoms with Gasteiger partial charge in [0, 0.05) is 5.69 Å². The fourth-order valence-electron chi connectivity index (χ4n) is 2.50. The van der Waals surface area contributed by atoms with Crippen LogP contribution in [0.1, 0.15) is 5.56 Å². The first-order valence-electron chi connectivity index (χ1n) is 8.60. The average Bonchev–Trinajstić information content (AvgIpc) is 2.74. The lowest BCUT2D eigenvalue weighted by Crippen LogP contribution is -2.25. The summed E-state index contributed by atoms with van der Waals surface area (Å²) in [4.78, 5) is 11.9. The molecule has 0 aliphatic carbocycles. The quantitative estimate of drug-likeness (QED) is 0.496. The third kappa shape index (κ3) is 5.44. The van der Waals surface area contributed by atoms with Crippen LogP contribution in [0.2, 0.25) is 0 Å². The number of carbonyl (C=O) groups excluding carboxylic acids is 1. The lowest BCUT2D eigenvalue weighted by molar-refractivity contribution is -0.119. The minimum absolute atomic E-state index is 0.136.